The lowest BCUT2D eigenvalue weighted by Crippen LogP contribution is -2.34. The molecule has 3 N–H and O–H groups in total. The topological polar surface area (TPSA) is 87.7 Å². The molecule has 0 unspecified atom stereocenters. The van der Waals surface area contributed by atoms with E-state index in [9.17, 15) is 27.9 Å². The van der Waals surface area contributed by atoms with Gasteiger partial charge in [0, 0.05) is 30.2 Å². The second kappa shape index (κ2) is 13.5. The first-order valence-corrected chi connectivity index (χ1v) is 13.9. The van der Waals surface area contributed by atoms with Crippen LogP contribution in [0.25, 0.3) is 11.1 Å². The van der Waals surface area contributed by atoms with Gasteiger partial charge in [-0.15, -0.1) is 0 Å². The van der Waals surface area contributed by atoms with Crippen LogP contribution < -0.4 is 10.6 Å². The summed E-state index contributed by atoms with van der Waals surface area (Å²) in [6.07, 6.45) is -0.194. The van der Waals surface area contributed by atoms with Crippen LogP contribution >= 0.6 is 0 Å². The zero-order chi connectivity index (χ0) is 31.2. The lowest BCUT2D eigenvalue weighted by Gasteiger charge is -2.28. The normalized spacial score (nSPS) is 15.1. The monoisotopic (exact) mass is 584 g/mol. The highest BCUT2D eigenvalue weighted by atomic mass is 19.4. The van der Waals surface area contributed by atoms with Crippen LogP contribution in [-0.4, -0.2) is 42.9 Å². The van der Waals surface area contributed by atoms with E-state index in [1.54, 1.807) is 26.0 Å². The van der Waals surface area contributed by atoms with Crippen LogP contribution in [0.4, 0.5) is 24.5 Å². The number of nitrogens with one attached hydrogen (secondary N) is 2. The van der Waals surface area contributed by atoms with E-state index in [1.807, 2.05) is 32.0 Å². The van der Waals surface area contributed by atoms with E-state index in [4.69, 9.17) is 4.74 Å². The van der Waals surface area contributed by atoms with E-state index in [0.717, 1.165) is 52.8 Å². The van der Waals surface area contributed by atoms with Gasteiger partial charge in [0.2, 0.25) is 5.91 Å². The Kier molecular flexibility index (Phi) is 10.6. The van der Waals surface area contributed by atoms with E-state index < -0.39 is 23.1 Å². The average Bonchev–Trinajstić information content (AvgIpc) is 2.94. The van der Waals surface area contributed by atoms with Crippen LogP contribution in [0.5, 0.6) is 0 Å². The summed E-state index contributed by atoms with van der Waals surface area (Å²) >= 11 is 0. The molecule has 9 heteroatoms. The summed E-state index contributed by atoms with van der Waals surface area (Å²) in [6.45, 7) is 13.1. The number of carbonyl (C=O) groups excluding carboxylic acids is 2. The van der Waals surface area contributed by atoms with Gasteiger partial charge >= 0.3 is 6.18 Å². The zero-order valence-electron chi connectivity index (χ0n) is 24.7. The number of aryl methyl sites for hydroxylation is 2. The Morgan fingerprint density at radius 2 is 1.74 bits per heavy atom. The van der Waals surface area contributed by atoms with Crippen LogP contribution in [0.1, 0.15) is 56.2 Å². The maximum Gasteiger partial charge on any atom is 0.416 e. The van der Waals surface area contributed by atoms with Gasteiger partial charge in [0.05, 0.1) is 17.6 Å². The summed E-state index contributed by atoms with van der Waals surface area (Å²) in [4.78, 5) is 25.8. The fraction of sp³-hybridized carbons (Fsp3) is 0.394. The summed E-state index contributed by atoms with van der Waals surface area (Å²) in [7, 11) is 0. The maximum absolute atomic E-state index is 13.3. The zero-order valence-corrected chi connectivity index (χ0v) is 24.7. The van der Waals surface area contributed by atoms with Crippen molar-refractivity contribution in [3.8, 4) is 11.1 Å². The SMILES string of the molecule is C=C(/C=C(\C=C/C)C(F)(F)F)C(=O)Nc1ccc(C)c(-c2cc(C)c(NC(=O)C(C)(C)CO)c(C3CCOCC3)c2)c1. The Bertz CT molecular complexity index is 1400. The van der Waals surface area contributed by atoms with Crippen LogP contribution in [0, 0.1) is 19.3 Å². The number of amides is 2. The highest BCUT2D eigenvalue weighted by Gasteiger charge is 2.32. The first-order chi connectivity index (χ1) is 19.7. The third kappa shape index (κ3) is 7.98. The number of benzene rings is 2. The van der Waals surface area contributed by atoms with Gasteiger partial charge in [0.25, 0.3) is 5.91 Å². The minimum atomic E-state index is -4.62. The molecule has 226 valence electrons. The Morgan fingerprint density at radius 1 is 1.07 bits per heavy atom. The number of anilines is 2. The molecule has 2 aromatic carbocycles. The number of rotatable bonds is 9. The first kappa shape index (κ1) is 32.8. The maximum atomic E-state index is 13.3. The lowest BCUT2D eigenvalue weighted by atomic mass is 9.85. The summed E-state index contributed by atoms with van der Waals surface area (Å²) in [5.74, 6) is -0.893. The molecule has 2 amide bonds. The molecular formula is C33H39F3N2O4. The number of halogens is 3. The molecule has 1 aliphatic rings. The molecule has 0 radical (unpaired) electrons. The van der Waals surface area contributed by atoms with Gasteiger partial charge in [-0.1, -0.05) is 24.8 Å². The van der Waals surface area contributed by atoms with Crippen molar-refractivity contribution in [2.45, 2.75) is 59.6 Å². The predicted octanol–water partition coefficient (Wildman–Crippen LogP) is 7.38. The Morgan fingerprint density at radius 3 is 2.33 bits per heavy atom. The largest absolute Gasteiger partial charge is 0.416 e. The molecule has 0 spiro atoms. The van der Waals surface area contributed by atoms with Crippen LogP contribution in [0.15, 0.2) is 66.3 Å². The van der Waals surface area contributed by atoms with Gasteiger partial charge in [0.1, 0.15) is 0 Å². The number of aliphatic hydroxyl groups is 1. The lowest BCUT2D eigenvalue weighted by molar-refractivity contribution is -0.125. The fourth-order valence-electron chi connectivity index (χ4n) is 4.71. The van der Waals surface area contributed by atoms with Gasteiger partial charge in [-0.25, -0.2) is 0 Å². The van der Waals surface area contributed by atoms with Gasteiger partial charge in [0.15, 0.2) is 0 Å². The Hall–Kier alpha value is -3.69. The van der Waals surface area contributed by atoms with Gasteiger partial charge in [-0.2, -0.15) is 13.2 Å². The van der Waals surface area contributed by atoms with E-state index >= 15 is 0 Å². The van der Waals surface area contributed by atoms with Crippen molar-refractivity contribution in [1.82, 2.24) is 0 Å². The number of alkyl halides is 3. The molecule has 1 aliphatic heterocycles. The molecule has 42 heavy (non-hydrogen) atoms. The Labute approximate surface area is 245 Å². The summed E-state index contributed by atoms with van der Waals surface area (Å²) in [6, 6.07) is 9.27. The van der Waals surface area contributed by atoms with Gasteiger partial charge in [-0.3, -0.25) is 9.59 Å². The number of hydrogen-bond donors (Lipinski definition) is 3. The third-order valence-corrected chi connectivity index (χ3v) is 7.38. The average molecular weight is 585 g/mol. The summed E-state index contributed by atoms with van der Waals surface area (Å²) in [5, 5.41) is 15.4. The minimum Gasteiger partial charge on any atom is -0.395 e. The fourth-order valence-corrected chi connectivity index (χ4v) is 4.71. The van der Waals surface area contributed by atoms with Crippen molar-refractivity contribution in [3.05, 3.63) is 83.0 Å². The molecule has 6 nitrogen and oxygen atoms in total. The smallest absolute Gasteiger partial charge is 0.395 e. The highest BCUT2D eigenvalue weighted by molar-refractivity contribution is 6.05. The van der Waals surface area contributed by atoms with Crippen LogP contribution in [-0.2, 0) is 14.3 Å². The summed E-state index contributed by atoms with van der Waals surface area (Å²) in [5.41, 5.74) is 3.27. The van der Waals surface area contributed by atoms with Crippen molar-refractivity contribution < 1.29 is 32.6 Å². The van der Waals surface area contributed by atoms with E-state index in [2.05, 4.69) is 17.2 Å². The number of carbonyl (C=O) groups is 2. The standard InChI is InChI=1S/C33H39F3N2O4/c1-7-8-25(33(34,35)36)16-22(4)30(40)37-26-10-9-20(2)27(18-26)24-15-21(3)29(38-31(41)32(5,6)19-39)28(17-24)23-11-13-42-14-12-23/h7-10,15-18,23,39H,4,11-14,19H2,1-3,5-6H3,(H,37,40)(H,38,41)/b8-7-,25-16+. The van der Waals surface area contributed by atoms with Crippen molar-refractivity contribution in [2.75, 3.05) is 30.5 Å². The highest BCUT2D eigenvalue weighted by Crippen LogP contribution is 2.39. The second-order valence-electron chi connectivity index (χ2n) is 11.2. The van der Waals surface area contributed by atoms with Crippen molar-refractivity contribution >= 4 is 23.2 Å². The minimum absolute atomic E-state index is 0.142. The van der Waals surface area contributed by atoms with E-state index in [0.29, 0.717) is 24.6 Å². The molecule has 0 bridgehead atoms. The second-order valence-corrected chi connectivity index (χ2v) is 11.2. The molecule has 1 fully saturated rings. The van der Waals surface area contributed by atoms with Crippen molar-refractivity contribution in [3.63, 3.8) is 0 Å². The summed E-state index contributed by atoms with van der Waals surface area (Å²) < 4.78 is 45.4. The number of hydrogen-bond acceptors (Lipinski definition) is 4. The van der Waals surface area contributed by atoms with E-state index in [1.165, 1.54) is 13.0 Å². The quantitative estimate of drug-likeness (QED) is 0.212. The number of ether oxygens (including phenoxy) is 1. The van der Waals surface area contributed by atoms with E-state index in [-0.39, 0.29) is 24.0 Å². The third-order valence-electron chi connectivity index (χ3n) is 7.38. The number of aliphatic hydroxyl groups excluding tert-OH is 1. The van der Waals surface area contributed by atoms with Crippen molar-refractivity contribution in [1.29, 1.82) is 0 Å². The molecule has 0 saturated carbocycles. The molecule has 2 aromatic rings. The van der Waals surface area contributed by atoms with Crippen LogP contribution in [0.2, 0.25) is 0 Å². The van der Waals surface area contributed by atoms with Crippen molar-refractivity contribution in [2.24, 2.45) is 5.41 Å². The van der Waals surface area contributed by atoms with Gasteiger partial charge in [-0.05, 0) is 112 Å². The van der Waals surface area contributed by atoms with Gasteiger partial charge < -0.3 is 20.5 Å². The molecule has 3 rings (SSSR count). The molecule has 0 atom stereocenters. The molecule has 1 saturated heterocycles. The molecule has 0 aliphatic carbocycles. The van der Waals surface area contributed by atoms with Crippen LogP contribution in [0.3, 0.4) is 0 Å². The molecule has 1 heterocycles. The Balaban J connectivity index is 2.00. The number of allylic oxidation sites excluding steroid dienone is 3. The molecular weight excluding hydrogens is 545 g/mol. The first-order valence-electron chi connectivity index (χ1n) is 13.9. The predicted molar refractivity (Wildman–Crippen MR) is 160 cm³/mol. The molecule has 0 aromatic heterocycles.